The van der Waals surface area contributed by atoms with Gasteiger partial charge >= 0.3 is 0 Å². The number of pyridine rings is 1. The number of nitriles is 1. The van der Waals surface area contributed by atoms with Gasteiger partial charge in [-0.15, -0.1) is 0 Å². The Morgan fingerprint density at radius 2 is 2.21 bits per heavy atom. The molecule has 0 spiro atoms. The molecule has 0 N–H and O–H groups in total. The molecule has 0 amide bonds. The summed E-state index contributed by atoms with van der Waals surface area (Å²) in [6, 6.07) is 2.11. The largest absolute Gasteiger partial charge is 0.481 e. The van der Waals surface area contributed by atoms with Crippen LogP contribution >= 0.6 is 0 Å². The number of ether oxygens (including phenoxy) is 1. The number of aromatic nitrogens is 1. The molecule has 0 bridgehead atoms. The van der Waals surface area contributed by atoms with Crippen LogP contribution in [-0.2, 0) is 0 Å². The van der Waals surface area contributed by atoms with Crippen LogP contribution in [0.4, 0.5) is 13.2 Å². The lowest BCUT2D eigenvalue weighted by molar-refractivity contribution is 0.144. The van der Waals surface area contributed by atoms with E-state index in [4.69, 9.17) is 5.26 Å². The van der Waals surface area contributed by atoms with Crippen molar-refractivity contribution in [2.45, 2.75) is 6.43 Å². The minimum absolute atomic E-state index is 0.281. The van der Waals surface area contributed by atoms with E-state index in [0.717, 1.165) is 6.07 Å². The minimum atomic E-state index is -3.01. The van der Waals surface area contributed by atoms with Gasteiger partial charge in [0.05, 0.1) is 7.11 Å². The van der Waals surface area contributed by atoms with Crippen molar-refractivity contribution in [1.29, 1.82) is 5.26 Å². The lowest BCUT2D eigenvalue weighted by atomic mass is 10.2. The third-order valence-electron chi connectivity index (χ3n) is 1.50. The summed E-state index contributed by atoms with van der Waals surface area (Å²) in [4.78, 5) is 3.29. The maximum Gasteiger partial charge on any atom is 0.281 e. The van der Waals surface area contributed by atoms with Crippen LogP contribution < -0.4 is 4.74 Å². The fourth-order valence-corrected chi connectivity index (χ4v) is 0.883. The molecule has 0 radical (unpaired) electrons. The van der Waals surface area contributed by atoms with E-state index in [9.17, 15) is 13.2 Å². The van der Waals surface area contributed by atoms with Crippen molar-refractivity contribution in [2.75, 3.05) is 7.11 Å². The van der Waals surface area contributed by atoms with Gasteiger partial charge in [-0.1, -0.05) is 0 Å². The van der Waals surface area contributed by atoms with Gasteiger partial charge in [0.15, 0.2) is 0 Å². The smallest absolute Gasteiger partial charge is 0.281 e. The number of alkyl halides is 2. The first kappa shape index (κ1) is 10.3. The highest BCUT2D eigenvalue weighted by Gasteiger charge is 2.20. The Labute approximate surface area is 77.7 Å². The Morgan fingerprint density at radius 1 is 1.57 bits per heavy atom. The van der Waals surface area contributed by atoms with Gasteiger partial charge in [-0.25, -0.2) is 18.2 Å². The zero-order valence-electron chi connectivity index (χ0n) is 7.09. The summed E-state index contributed by atoms with van der Waals surface area (Å²) in [5.41, 5.74) is -1.65. The summed E-state index contributed by atoms with van der Waals surface area (Å²) in [6.45, 7) is 0. The normalized spacial score (nSPS) is 10.0. The summed E-state index contributed by atoms with van der Waals surface area (Å²) < 4.78 is 42.0. The van der Waals surface area contributed by atoms with Crippen LogP contribution in [0.15, 0.2) is 6.07 Å². The maximum absolute atomic E-state index is 13.0. The van der Waals surface area contributed by atoms with Crippen molar-refractivity contribution in [2.24, 2.45) is 0 Å². The lowest BCUT2D eigenvalue weighted by Gasteiger charge is -2.05. The molecule has 0 atom stereocenters. The summed E-state index contributed by atoms with van der Waals surface area (Å²) >= 11 is 0. The fraction of sp³-hybridized carbons (Fsp3) is 0.250. The van der Waals surface area contributed by atoms with Crippen LogP contribution in [0.3, 0.4) is 0 Å². The van der Waals surface area contributed by atoms with E-state index >= 15 is 0 Å². The van der Waals surface area contributed by atoms with E-state index in [1.807, 2.05) is 0 Å². The third kappa shape index (κ3) is 1.76. The van der Waals surface area contributed by atoms with E-state index in [0.29, 0.717) is 0 Å². The number of hydrogen-bond donors (Lipinski definition) is 0. The highest BCUT2D eigenvalue weighted by molar-refractivity contribution is 5.38. The van der Waals surface area contributed by atoms with Crippen molar-refractivity contribution in [3.8, 4) is 11.9 Å². The second-order valence-electron chi connectivity index (χ2n) is 2.32. The lowest BCUT2D eigenvalue weighted by Crippen LogP contribution is -2.01. The second-order valence-corrected chi connectivity index (χ2v) is 2.32. The first-order valence-electron chi connectivity index (χ1n) is 3.52. The van der Waals surface area contributed by atoms with Crippen LogP contribution in [0.1, 0.15) is 17.7 Å². The quantitative estimate of drug-likeness (QED) is 0.737. The van der Waals surface area contributed by atoms with Crippen molar-refractivity contribution in [1.82, 2.24) is 4.98 Å². The summed E-state index contributed by atoms with van der Waals surface area (Å²) in [7, 11) is 1.17. The Hall–Kier alpha value is -1.77. The predicted molar refractivity (Wildman–Crippen MR) is 40.4 cm³/mol. The van der Waals surface area contributed by atoms with Crippen LogP contribution in [0.2, 0.25) is 0 Å². The maximum atomic E-state index is 13.0. The van der Waals surface area contributed by atoms with E-state index in [1.165, 1.54) is 13.2 Å². The van der Waals surface area contributed by atoms with Gasteiger partial charge in [-0.3, -0.25) is 0 Å². The van der Waals surface area contributed by atoms with Crippen LogP contribution in [-0.4, -0.2) is 12.1 Å². The summed E-state index contributed by atoms with van der Waals surface area (Å²) in [5, 5.41) is 8.41. The van der Waals surface area contributed by atoms with Gasteiger partial charge in [0.25, 0.3) is 6.43 Å². The molecule has 3 nitrogen and oxygen atoms in total. The average Bonchev–Trinajstić information content (AvgIpc) is 2.16. The third-order valence-corrected chi connectivity index (χ3v) is 1.50. The first-order chi connectivity index (χ1) is 6.60. The van der Waals surface area contributed by atoms with E-state index in [2.05, 4.69) is 9.72 Å². The number of hydrogen-bond acceptors (Lipinski definition) is 3. The number of halogens is 3. The van der Waals surface area contributed by atoms with Gasteiger partial charge in [-0.2, -0.15) is 5.26 Å². The summed E-state index contributed by atoms with van der Waals surface area (Å²) in [6.07, 6.45) is -3.01. The van der Waals surface area contributed by atoms with E-state index in [-0.39, 0.29) is 5.88 Å². The predicted octanol–water partition coefficient (Wildman–Crippen LogP) is 2.04. The number of methoxy groups -OCH3 is 1. The Bertz CT molecular complexity index is 387. The monoisotopic (exact) mass is 202 g/mol. The molecule has 1 aromatic heterocycles. The summed E-state index contributed by atoms with van der Waals surface area (Å²) in [5.74, 6) is -1.34. The fourth-order valence-electron chi connectivity index (χ4n) is 0.883. The van der Waals surface area contributed by atoms with Crippen LogP contribution in [0.5, 0.6) is 5.88 Å². The van der Waals surface area contributed by atoms with Gasteiger partial charge in [0.1, 0.15) is 23.1 Å². The van der Waals surface area contributed by atoms with E-state index < -0.39 is 23.5 Å². The van der Waals surface area contributed by atoms with Crippen molar-refractivity contribution in [3.05, 3.63) is 23.1 Å². The zero-order chi connectivity index (χ0) is 10.7. The minimum Gasteiger partial charge on any atom is -0.481 e. The molecule has 0 saturated heterocycles. The molecule has 6 heteroatoms. The molecule has 0 saturated carbocycles. The number of nitrogens with zero attached hydrogens (tertiary/aromatic N) is 2. The number of rotatable bonds is 2. The molecule has 0 aliphatic carbocycles. The molecule has 14 heavy (non-hydrogen) atoms. The molecule has 1 rings (SSSR count). The molecular weight excluding hydrogens is 197 g/mol. The topological polar surface area (TPSA) is 45.9 Å². The van der Waals surface area contributed by atoms with Gasteiger partial charge in [-0.05, 0) is 0 Å². The average molecular weight is 202 g/mol. The molecule has 74 valence electrons. The van der Waals surface area contributed by atoms with Gasteiger partial charge in [0.2, 0.25) is 5.88 Å². The van der Waals surface area contributed by atoms with Crippen molar-refractivity contribution >= 4 is 0 Å². The standard InChI is InChI=1S/C8H5F3N2O/c1-14-6-2-5(9)4(3-12)7(13-6)8(10)11/h2,8H,1H3. The molecule has 1 heterocycles. The van der Waals surface area contributed by atoms with E-state index in [1.54, 1.807) is 0 Å². The Kier molecular flexibility index (Phi) is 2.92. The van der Waals surface area contributed by atoms with Gasteiger partial charge in [0, 0.05) is 6.07 Å². The zero-order valence-corrected chi connectivity index (χ0v) is 7.09. The molecular formula is C8H5F3N2O. The molecule has 0 unspecified atom stereocenters. The first-order valence-corrected chi connectivity index (χ1v) is 3.52. The highest BCUT2D eigenvalue weighted by atomic mass is 19.3. The molecule has 0 aliphatic rings. The highest BCUT2D eigenvalue weighted by Crippen LogP contribution is 2.25. The van der Waals surface area contributed by atoms with Gasteiger partial charge < -0.3 is 4.74 Å². The molecule has 0 fully saturated rings. The van der Waals surface area contributed by atoms with Crippen LogP contribution in [0.25, 0.3) is 0 Å². The molecule has 0 aromatic carbocycles. The SMILES string of the molecule is COc1cc(F)c(C#N)c(C(F)F)n1. The van der Waals surface area contributed by atoms with Crippen molar-refractivity contribution in [3.63, 3.8) is 0 Å². The van der Waals surface area contributed by atoms with Crippen LogP contribution in [0, 0.1) is 17.1 Å². The Morgan fingerprint density at radius 3 is 2.64 bits per heavy atom. The Balaban J connectivity index is 3.37. The van der Waals surface area contributed by atoms with Crippen molar-refractivity contribution < 1.29 is 17.9 Å². The molecule has 0 aliphatic heterocycles. The second kappa shape index (κ2) is 3.96. The molecule has 1 aromatic rings.